The zero-order chi connectivity index (χ0) is 19.3. The summed E-state index contributed by atoms with van der Waals surface area (Å²) in [6, 6.07) is 9.36. The second kappa shape index (κ2) is 8.81. The number of hydrogen-bond acceptors (Lipinski definition) is 5. The van der Waals surface area contributed by atoms with E-state index < -0.39 is 10.0 Å². The minimum atomic E-state index is -4.00. The van der Waals surface area contributed by atoms with Crippen LogP contribution in [0.3, 0.4) is 0 Å². The fourth-order valence-electron chi connectivity index (χ4n) is 1.79. The molecule has 0 aliphatic carbocycles. The third-order valence-corrected chi connectivity index (χ3v) is 5.52. The summed E-state index contributed by atoms with van der Waals surface area (Å²) in [6.45, 7) is 1.70. The molecule has 0 saturated heterocycles. The highest BCUT2D eigenvalue weighted by atomic mass is 35.5. The predicted molar refractivity (Wildman–Crippen MR) is 103 cm³/mol. The van der Waals surface area contributed by atoms with Crippen LogP contribution in [0.15, 0.2) is 46.4 Å². The molecule has 2 rings (SSSR count). The first kappa shape index (κ1) is 20.6. The Balaban J connectivity index is 2.03. The molecule has 0 spiro atoms. The van der Waals surface area contributed by atoms with E-state index in [0.29, 0.717) is 17.2 Å². The van der Waals surface area contributed by atoms with E-state index in [9.17, 15) is 8.42 Å². The summed E-state index contributed by atoms with van der Waals surface area (Å²) in [6.07, 6.45) is 0. The van der Waals surface area contributed by atoms with Crippen molar-refractivity contribution in [1.82, 2.24) is 4.83 Å². The Morgan fingerprint density at radius 3 is 2.23 bits per heavy atom. The highest BCUT2D eigenvalue weighted by molar-refractivity contribution is 7.89. The standard InChI is InChI=1S/C16H15Cl3N2O4S/c1-10(9-25-12-5-3-11(24-2)4-6-12)20-21-26(22,23)16-8-14(18)13(17)7-15(16)19/h3-8,21H,9H2,1-2H3. The smallest absolute Gasteiger partial charge is 0.278 e. The molecule has 26 heavy (non-hydrogen) atoms. The van der Waals surface area contributed by atoms with Gasteiger partial charge < -0.3 is 9.47 Å². The summed E-state index contributed by atoms with van der Waals surface area (Å²) in [4.78, 5) is 1.87. The zero-order valence-electron chi connectivity index (χ0n) is 13.8. The molecule has 0 unspecified atom stereocenters. The lowest BCUT2D eigenvalue weighted by Gasteiger charge is -2.09. The molecule has 0 atom stereocenters. The lowest BCUT2D eigenvalue weighted by Crippen LogP contribution is -2.22. The number of nitrogens with zero attached hydrogens (tertiary/aromatic N) is 1. The van der Waals surface area contributed by atoms with Crippen molar-refractivity contribution >= 4 is 50.5 Å². The maximum Gasteiger partial charge on any atom is 0.278 e. The van der Waals surface area contributed by atoms with Gasteiger partial charge in [-0.05, 0) is 43.3 Å². The van der Waals surface area contributed by atoms with Crippen LogP contribution in [0.5, 0.6) is 11.5 Å². The minimum Gasteiger partial charge on any atom is -0.497 e. The van der Waals surface area contributed by atoms with E-state index in [1.807, 2.05) is 0 Å². The largest absolute Gasteiger partial charge is 0.497 e. The maximum atomic E-state index is 12.3. The van der Waals surface area contributed by atoms with Crippen molar-refractivity contribution in [2.45, 2.75) is 11.8 Å². The molecule has 140 valence electrons. The molecular formula is C16H15Cl3N2O4S. The number of rotatable bonds is 7. The number of ether oxygens (including phenoxy) is 2. The summed E-state index contributed by atoms with van der Waals surface area (Å²) >= 11 is 17.6. The van der Waals surface area contributed by atoms with Crippen molar-refractivity contribution < 1.29 is 17.9 Å². The fourth-order valence-corrected chi connectivity index (χ4v) is 3.67. The third kappa shape index (κ3) is 5.41. The van der Waals surface area contributed by atoms with Crippen molar-refractivity contribution in [3.63, 3.8) is 0 Å². The van der Waals surface area contributed by atoms with Crippen LogP contribution >= 0.6 is 34.8 Å². The van der Waals surface area contributed by atoms with Crippen LogP contribution in [0.2, 0.25) is 15.1 Å². The van der Waals surface area contributed by atoms with Crippen molar-refractivity contribution in [3.8, 4) is 11.5 Å². The molecule has 0 amide bonds. The first-order chi connectivity index (χ1) is 12.2. The van der Waals surface area contributed by atoms with Crippen molar-refractivity contribution in [2.24, 2.45) is 5.10 Å². The molecule has 2 aromatic rings. The lowest BCUT2D eigenvalue weighted by atomic mass is 10.3. The quantitative estimate of drug-likeness (QED) is 0.396. The van der Waals surface area contributed by atoms with E-state index in [-0.39, 0.29) is 26.6 Å². The number of benzene rings is 2. The summed E-state index contributed by atoms with van der Waals surface area (Å²) < 4.78 is 35.2. The maximum absolute atomic E-state index is 12.3. The first-order valence-electron chi connectivity index (χ1n) is 7.19. The van der Waals surface area contributed by atoms with Gasteiger partial charge >= 0.3 is 0 Å². The van der Waals surface area contributed by atoms with Gasteiger partial charge in [0.05, 0.1) is 27.9 Å². The Kier molecular flexibility index (Phi) is 7.00. The average molecular weight is 438 g/mol. The van der Waals surface area contributed by atoms with Crippen molar-refractivity contribution in [2.75, 3.05) is 13.7 Å². The number of methoxy groups -OCH3 is 1. The van der Waals surface area contributed by atoms with Gasteiger partial charge in [-0.3, -0.25) is 0 Å². The topological polar surface area (TPSA) is 77.0 Å². The van der Waals surface area contributed by atoms with E-state index in [1.54, 1.807) is 38.3 Å². The normalized spacial score (nSPS) is 12.0. The van der Waals surface area contributed by atoms with Gasteiger partial charge in [-0.25, -0.2) is 0 Å². The SMILES string of the molecule is COc1ccc(OCC(C)=NNS(=O)(=O)c2cc(Cl)c(Cl)cc2Cl)cc1. The summed E-state index contributed by atoms with van der Waals surface area (Å²) in [7, 11) is -2.43. The van der Waals surface area contributed by atoms with E-state index in [1.165, 1.54) is 6.07 Å². The van der Waals surface area contributed by atoms with Crippen LogP contribution in [-0.2, 0) is 10.0 Å². The number of nitrogens with one attached hydrogen (secondary N) is 1. The Bertz CT molecular complexity index is 916. The highest BCUT2D eigenvalue weighted by Gasteiger charge is 2.19. The number of hydrogen-bond donors (Lipinski definition) is 1. The average Bonchev–Trinajstić information content (AvgIpc) is 2.61. The van der Waals surface area contributed by atoms with Gasteiger partial charge in [0.1, 0.15) is 23.0 Å². The number of halogens is 3. The second-order valence-corrected chi connectivity index (χ2v) is 7.95. The van der Waals surface area contributed by atoms with Crippen LogP contribution in [0.25, 0.3) is 0 Å². The number of sulfonamides is 1. The Labute approximate surface area is 166 Å². The lowest BCUT2D eigenvalue weighted by molar-refractivity contribution is 0.372. The molecule has 0 fully saturated rings. The highest BCUT2D eigenvalue weighted by Crippen LogP contribution is 2.31. The van der Waals surface area contributed by atoms with Crippen LogP contribution in [-0.4, -0.2) is 27.8 Å². The van der Waals surface area contributed by atoms with E-state index >= 15 is 0 Å². The van der Waals surface area contributed by atoms with Gasteiger partial charge in [0.25, 0.3) is 10.0 Å². The molecule has 0 aliphatic rings. The van der Waals surface area contributed by atoms with Crippen LogP contribution < -0.4 is 14.3 Å². The Morgan fingerprint density at radius 1 is 1.04 bits per heavy atom. The minimum absolute atomic E-state index is 0.0609. The van der Waals surface area contributed by atoms with Gasteiger partial charge in [0.2, 0.25) is 0 Å². The molecular weight excluding hydrogens is 423 g/mol. The monoisotopic (exact) mass is 436 g/mol. The Hall–Kier alpha value is -1.67. The first-order valence-corrected chi connectivity index (χ1v) is 9.81. The van der Waals surface area contributed by atoms with Crippen LogP contribution in [0, 0.1) is 0 Å². The van der Waals surface area contributed by atoms with Gasteiger partial charge in [0, 0.05) is 0 Å². The van der Waals surface area contributed by atoms with Crippen LogP contribution in [0.4, 0.5) is 0 Å². The molecule has 1 N–H and O–H groups in total. The summed E-state index contributed by atoms with van der Waals surface area (Å²) in [5, 5.41) is 3.97. The molecule has 0 radical (unpaired) electrons. The van der Waals surface area contributed by atoms with Crippen LogP contribution in [0.1, 0.15) is 6.92 Å². The van der Waals surface area contributed by atoms with Gasteiger partial charge in [-0.1, -0.05) is 34.8 Å². The van der Waals surface area contributed by atoms with Gasteiger partial charge in [-0.2, -0.15) is 18.4 Å². The van der Waals surface area contributed by atoms with Crippen molar-refractivity contribution in [3.05, 3.63) is 51.5 Å². The van der Waals surface area contributed by atoms with Gasteiger partial charge in [-0.15, -0.1) is 0 Å². The third-order valence-electron chi connectivity index (χ3n) is 3.13. The molecule has 0 aliphatic heterocycles. The van der Waals surface area contributed by atoms with Gasteiger partial charge in [0.15, 0.2) is 0 Å². The molecule has 0 aromatic heterocycles. The van der Waals surface area contributed by atoms with E-state index in [4.69, 9.17) is 44.3 Å². The second-order valence-electron chi connectivity index (χ2n) is 5.10. The molecule has 0 bridgehead atoms. The molecule has 2 aromatic carbocycles. The molecule has 6 nitrogen and oxygen atoms in total. The van der Waals surface area contributed by atoms with E-state index in [0.717, 1.165) is 6.07 Å². The zero-order valence-corrected chi connectivity index (χ0v) is 16.9. The predicted octanol–water partition coefficient (Wildman–Crippen LogP) is 4.39. The Morgan fingerprint density at radius 2 is 1.62 bits per heavy atom. The molecule has 0 saturated carbocycles. The summed E-state index contributed by atoms with van der Waals surface area (Å²) in [5.41, 5.74) is 0.403. The summed E-state index contributed by atoms with van der Waals surface area (Å²) in [5.74, 6) is 1.30. The number of hydrazone groups is 1. The molecule has 10 heteroatoms. The fraction of sp³-hybridized carbons (Fsp3) is 0.188. The van der Waals surface area contributed by atoms with Crippen molar-refractivity contribution in [1.29, 1.82) is 0 Å². The molecule has 0 heterocycles. The van der Waals surface area contributed by atoms with E-state index in [2.05, 4.69) is 9.93 Å².